The minimum atomic E-state index is -0.0418. The number of hydrogen-bond donors (Lipinski definition) is 1. The summed E-state index contributed by atoms with van der Waals surface area (Å²) in [7, 11) is 0. The highest BCUT2D eigenvalue weighted by Crippen LogP contribution is 2.41. The first kappa shape index (κ1) is 21.5. The molecule has 3 aromatic carbocycles. The number of carbonyl (C=O) groups is 1. The molecule has 0 heterocycles. The monoisotopic (exact) mass is 423 g/mol. The van der Waals surface area contributed by atoms with Crippen molar-refractivity contribution in [1.29, 1.82) is 0 Å². The Morgan fingerprint density at radius 3 is 2.24 bits per heavy atom. The highest BCUT2D eigenvalue weighted by atomic mass is 35.5. The van der Waals surface area contributed by atoms with Crippen LogP contribution in [0, 0.1) is 5.92 Å². The molecule has 0 saturated carbocycles. The van der Waals surface area contributed by atoms with Gasteiger partial charge in [0, 0.05) is 32.8 Å². The molecule has 0 aliphatic heterocycles. The van der Waals surface area contributed by atoms with E-state index < -0.39 is 0 Å². The molecule has 0 radical (unpaired) electrons. The van der Waals surface area contributed by atoms with E-state index in [0.29, 0.717) is 17.4 Å². The molecule has 3 rings (SSSR count). The van der Waals surface area contributed by atoms with Gasteiger partial charge in [-0.15, -0.1) is 11.8 Å². The van der Waals surface area contributed by atoms with Gasteiger partial charge in [-0.3, -0.25) is 4.79 Å². The Balaban J connectivity index is 1.81. The number of nitrogens with two attached hydrogens (primary N) is 1. The average molecular weight is 424 g/mol. The molecule has 0 aliphatic carbocycles. The predicted octanol–water partition coefficient (Wildman–Crippen LogP) is 7.23. The molecule has 0 aromatic heterocycles. The summed E-state index contributed by atoms with van der Waals surface area (Å²) in [6, 6.07) is 23.5. The molecule has 0 saturated heterocycles. The number of thioether (sulfide) groups is 1. The van der Waals surface area contributed by atoms with Gasteiger partial charge in [-0.1, -0.05) is 74.0 Å². The number of para-hydroxylation sites is 1. The average Bonchev–Trinajstić information content (AvgIpc) is 2.70. The lowest BCUT2D eigenvalue weighted by Gasteiger charge is -2.18. The smallest absolute Gasteiger partial charge is 0.164 e. The van der Waals surface area contributed by atoms with Crippen LogP contribution in [-0.4, -0.2) is 5.78 Å². The molecule has 29 heavy (non-hydrogen) atoms. The Labute approximate surface area is 182 Å². The lowest BCUT2D eigenvalue weighted by molar-refractivity contribution is 0.0982. The van der Waals surface area contributed by atoms with Crippen molar-refractivity contribution in [3.63, 3.8) is 0 Å². The number of ketones is 1. The normalized spacial score (nSPS) is 12.1. The zero-order valence-corrected chi connectivity index (χ0v) is 18.3. The van der Waals surface area contributed by atoms with Crippen LogP contribution in [0.15, 0.2) is 77.7 Å². The predicted molar refractivity (Wildman–Crippen MR) is 125 cm³/mol. The van der Waals surface area contributed by atoms with Crippen molar-refractivity contribution in [2.45, 2.75) is 36.8 Å². The van der Waals surface area contributed by atoms with Crippen molar-refractivity contribution in [3.8, 4) is 0 Å². The number of Topliss-reactive ketones (excluding diaryl/α,β-unsaturated/α-hetero) is 1. The molecule has 2 nitrogen and oxygen atoms in total. The number of hydrogen-bond acceptors (Lipinski definition) is 3. The summed E-state index contributed by atoms with van der Waals surface area (Å²) in [4.78, 5) is 14.0. The van der Waals surface area contributed by atoms with E-state index in [2.05, 4.69) is 26.0 Å². The number of nitrogen functional groups attached to an aromatic ring is 1. The van der Waals surface area contributed by atoms with Crippen molar-refractivity contribution in [1.82, 2.24) is 0 Å². The van der Waals surface area contributed by atoms with Crippen LogP contribution in [0.2, 0.25) is 5.02 Å². The van der Waals surface area contributed by atoms with E-state index in [4.69, 9.17) is 17.3 Å². The van der Waals surface area contributed by atoms with Gasteiger partial charge in [0.15, 0.2) is 5.78 Å². The lowest BCUT2D eigenvalue weighted by Crippen LogP contribution is -2.06. The lowest BCUT2D eigenvalue weighted by atomic mass is 9.98. The van der Waals surface area contributed by atoms with Crippen molar-refractivity contribution in [3.05, 3.63) is 94.5 Å². The molecule has 0 spiro atoms. The maximum absolute atomic E-state index is 13.0. The summed E-state index contributed by atoms with van der Waals surface area (Å²) in [5.74, 6) is 0.724. The van der Waals surface area contributed by atoms with Gasteiger partial charge in [0.25, 0.3) is 0 Å². The summed E-state index contributed by atoms with van der Waals surface area (Å²) in [6.45, 7) is 4.39. The first-order valence-corrected chi connectivity index (χ1v) is 11.1. The van der Waals surface area contributed by atoms with Crippen LogP contribution in [0.25, 0.3) is 0 Å². The van der Waals surface area contributed by atoms with Gasteiger partial charge >= 0.3 is 0 Å². The van der Waals surface area contributed by atoms with E-state index in [0.717, 1.165) is 28.1 Å². The first-order chi connectivity index (χ1) is 13.9. The van der Waals surface area contributed by atoms with Crippen LogP contribution >= 0.6 is 23.4 Å². The van der Waals surface area contributed by atoms with Crippen LogP contribution in [0.4, 0.5) is 5.69 Å². The van der Waals surface area contributed by atoms with Crippen LogP contribution in [0.3, 0.4) is 0 Å². The first-order valence-electron chi connectivity index (χ1n) is 9.81. The second kappa shape index (κ2) is 10.00. The number of halogens is 1. The molecule has 0 bridgehead atoms. The summed E-state index contributed by atoms with van der Waals surface area (Å²) in [6.07, 6.45) is 1.41. The van der Waals surface area contributed by atoms with Gasteiger partial charge in [0.05, 0.1) is 0 Å². The SMILES string of the molecule is CC(C)Cc1ccc(C(=O)C[C@@H](Sc2ccccc2N)c2ccc(Cl)cc2)cc1. The maximum Gasteiger partial charge on any atom is 0.164 e. The summed E-state index contributed by atoms with van der Waals surface area (Å²) in [5.41, 5.74) is 9.94. The molecule has 2 N–H and O–H groups in total. The Morgan fingerprint density at radius 2 is 1.62 bits per heavy atom. The molecule has 4 heteroatoms. The van der Waals surface area contributed by atoms with Crippen molar-refractivity contribution in [2.75, 3.05) is 5.73 Å². The van der Waals surface area contributed by atoms with E-state index in [1.807, 2.05) is 60.7 Å². The standard InChI is InChI=1S/C25H26ClNOS/c1-17(2)15-18-7-9-19(10-8-18)23(28)16-25(20-11-13-21(26)14-12-20)29-24-6-4-3-5-22(24)27/h3-14,17,25H,15-16,27H2,1-2H3/t25-/m1/s1. The highest BCUT2D eigenvalue weighted by molar-refractivity contribution is 7.99. The summed E-state index contributed by atoms with van der Waals surface area (Å²) >= 11 is 7.68. The zero-order valence-electron chi connectivity index (χ0n) is 16.8. The molecule has 1 atom stereocenters. The van der Waals surface area contributed by atoms with Crippen LogP contribution in [0.1, 0.15) is 47.0 Å². The van der Waals surface area contributed by atoms with Crippen molar-refractivity contribution in [2.24, 2.45) is 5.92 Å². The largest absolute Gasteiger partial charge is 0.398 e. The Morgan fingerprint density at radius 1 is 0.966 bits per heavy atom. The summed E-state index contributed by atoms with van der Waals surface area (Å²) < 4.78 is 0. The molecule has 0 unspecified atom stereocenters. The molecule has 3 aromatic rings. The zero-order chi connectivity index (χ0) is 20.8. The second-order valence-corrected chi connectivity index (χ2v) is 9.30. The number of carbonyl (C=O) groups excluding carboxylic acids is 1. The number of rotatable bonds is 8. The molecule has 0 amide bonds. The minimum absolute atomic E-state index is 0.0418. The third kappa shape index (κ3) is 6.12. The third-order valence-electron chi connectivity index (χ3n) is 4.72. The fourth-order valence-electron chi connectivity index (χ4n) is 3.23. The van der Waals surface area contributed by atoms with E-state index in [1.165, 1.54) is 5.56 Å². The third-order valence-corrected chi connectivity index (χ3v) is 6.32. The van der Waals surface area contributed by atoms with Gasteiger partial charge in [-0.05, 0) is 47.7 Å². The fraction of sp³-hybridized carbons (Fsp3) is 0.240. The fourth-order valence-corrected chi connectivity index (χ4v) is 4.55. The van der Waals surface area contributed by atoms with E-state index in [1.54, 1.807) is 11.8 Å². The maximum atomic E-state index is 13.0. The van der Waals surface area contributed by atoms with Gasteiger partial charge in [-0.25, -0.2) is 0 Å². The Hall–Kier alpha value is -2.23. The van der Waals surface area contributed by atoms with Crippen molar-refractivity contribution >= 4 is 34.8 Å². The van der Waals surface area contributed by atoms with Crippen molar-refractivity contribution < 1.29 is 4.79 Å². The van der Waals surface area contributed by atoms with Crippen LogP contribution in [-0.2, 0) is 6.42 Å². The Kier molecular flexibility index (Phi) is 7.40. The molecule has 0 aliphatic rings. The number of benzene rings is 3. The van der Waals surface area contributed by atoms with Crippen LogP contribution in [0.5, 0.6) is 0 Å². The van der Waals surface area contributed by atoms with Crippen LogP contribution < -0.4 is 5.73 Å². The molecule has 150 valence electrons. The Bertz CT molecular complexity index is 951. The molecular weight excluding hydrogens is 398 g/mol. The van der Waals surface area contributed by atoms with E-state index in [-0.39, 0.29) is 11.0 Å². The highest BCUT2D eigenvalue weighted by Gasteiger charge is 2.20. The second-order valence-electron chi connectivity index (χ2n) is 7.62. The molecular formula is C25H26ClNOS. The topological polar surface area (TPSA) is 43.1 Å². The number of anilines is 1. The van der Waals surface area contributed by atoms with Gasteiger partial charge in [0.1, 0.15) is 0 Å². The van der Waals surface area contributed by atoms with E-state index in [9.17, 15) is 4.79 Å². The molecule has 0 fully saturated rings. The van der Waals surface area contributed by atoms with E-state index >= 15 is 0 Å². The minimum Gasteiger partial charge on any atom is -0.398 e. The quantitative estimate of drug-likeness (QED) is 0.236. The van der Waals surface area contributed by atoms with Gasteiger partial charge in [-0.2, -0.15) is 0 Å². The summed E-state index contributed by atoms with van der Waals surface area (Å²) in [5, 5.41) is 0.642. The van der Waals surface area contributed by atoms with Gasteiger partial charge < -0.3 is 5.73 Å². The van der Waals surface area contributed by atoms with Gasteiger partial charge in [0.2, 0.25) is 0 Å².